The molecule has 70 valence electrons. The Hall–Kier alpha value is -0.570. The van der Waals surface area contributed by atoms with Crippen molar-refractivity contribution in [1.82, 2.24) is 4.90 Å². The highest BCUT2D eigenvalue weighted by Gasteiger charge is 2.20. The average Bonchev–Trinajstić information content (AvgIpc) is 2.17. The second kappa shape index (κ2) is 4.45. The van der Waals surface area contributed by atoms with Crippen molar-refractivity contribution >= 4 is 5.91 Å². The van der Waals surface area contributed by atoms with Crippen molar-refractivity contribution in [1.29, 1.82) is 0 Å². The third-order valence-corrected chi connectivity index (χ3v) is 2.43. The largest absolute Gasteiger partial charge is 0.381 e. The van der Waals surface area contributed by atoms with Crippen LogP contribution in [0.4, 0.5) is 0 Å². The third-order valence-electron chi connectivity index (χ3n) is 2.43. The number of amides is 1. The molecule has 1 saturated heterocycles. The quantitative estimate of drug-likeness (QED) is 0.621. The van der Waals surface area contributed by atoms with Crippen LogP contribution in [0.15, 0.2) is 0 Å². The maximum Gasteiger partial charge on any atom is 0.222 e. The van der Waals surface area contributed by atoms with E-state index in [2.05, 4.69) is 0 Å². The zero-order valence-corrected chi connectivity index (χ0v) is 7.88. The van der Waals surface area contributed by atoms with Gasteiger partial charge in [0.1, 0.15) is 0 Å². The summed E-state index contributed by atoms with van der Waals surface area (Å²) < 4.78 is 5.21. The van der Waals surface area contributed by atoms with Gasteiger partial charge in [0.05, 0.1) is 6.10 Å². The number of rotatable bonds is 2. The van der Waals surface area contributed by atoms with E-state index in [0.29, 0.717) is 12.5 Å². The molecule has 0 bridgehead atoms. The number of piperidine rings is 1. The van der Waals surface area contributed by atoms with Crippen molar-refractivity contribution in [2.24, 2.45) is 0 Å². The molecule has 0 N–H and O–H groups in total. The lowest BCUT2D eigenvalue weighted by molar-refractivity contribution is -0.133. The fourth-order valence-electron chi connectivity index (χ4n) is 1.56. The minimum Gasteiger partial charge on any atom is -0.381 e. The number of hydrogen-bond donors (Lipinski definition) is 0. The van der Waals surface area contributed by atoms with Gasteiger partial charge in [-0.2, -0.15) is 0 Å². The molecule has 0 unspecified atom stereocenters. The molecule has 12 heavy (non-hydrogen) atoms. The van der Waals surface area contributed by atoms with E-state index in [-0.39, 0.29) is 5.91 Å². The van der Waals surface area contributed by atoms with Crippen molar-refractivity contribution in [3.63, 3.8) is 0 Å². The summed E-state index contributed by atoms with van der Waals surface area (Å²) >= 11 is 0. The van der Waals surface area contributed by atoms with Gasteiger partial charge in [-0.15, -0.1) is 0 Å². The third kappa shape index (κ3) is 2.21. The highest BCUT2D eigenvalue weighted by molar-refractivity contribution is 5.75. The van der Waals surface area contributed by atoms with Gasteiger partial charge < -0.3 is 9.64 Å². The van der Waals surface area contributed by atoms with Gasteiger partial charge in [0.25, 0.3) is 0 Å². The lowest BCUT2D eigenvalue weighted by atomic mass is 10.1. The Labute approximate surface area is 73.7 Å². The smallest absolute Gasteiger partial charge is 0.222 e. The molecule has 3 nitrogen and oxygen atoms in total. The number of likely N-dealkylation sites (tertiary alicyclic amines) is 1. The van der Waals surface area contributed by atoms with Crippen LogP contribution in [0.5, 0.6) is 0 Å². The van der Waals surface area contributed by atoms with Gasteiger partial charge in [-0.05, 0) is 12.8 Å². The summed E-state index contributed by atoms with van der Waals surface area (Å²) in [6, 6.07) is 0. The van der Waals surface area contributed by atoms with Gasteiger partial charge in [0.2, 0.25) is 5.91 Å². The lowest BCUT2D eigenvalue weighted by Crippen LogP contribution is -2.40. The van der Waals surface area contributed by atoms with E-state index in [9.17, 15) is 4.79 Å². The maximum absolute atomic E-state index is 11.2. The van der Waals surface area contributed by atoms with Crippen molar-refractivity contribution in [3.8, 4) is 0 Å². The van der Waals surface area contributed by atoms with Crippen LogP contribution in [0, 0.1) is 0 Å². The van der Waals surface area contributed by atoms with Crippen LogP contribution in [0.2, 0.25) is 0 Å². The Morgan fingerprint density at radius 2 is 2.08 bits per heavy atom. The number of carbonyl (C=O) groups is 1. The Kier molecular flexibility index (Phi) is 3.53. The molecule has 0 atom stereocenters. The first-order valence-electron chi connectivity index (χ1n) is 4.58. The normalized spacial score (nSPS) is 19.7. The van der Waals surface area contributed by atoms with Crippen LogP contribution >= 0.6 is 0 Å². The second-order valence-electron chi connectivity index (χ2n) is 3.17. The van der Waals surface area contributed by atoms with Crippen LogP contribution in [0.25, 0.3) is 0 Å². The number of ether oxygens (including phenoxy) is 1. The highest BCUT2D eigenvalue weighted by atomic mass is 16.5. The fourth-order valence-corrected chi connectivity index (χ4v) is 1.56. The Bertz CT molecular complexity index is 151. The molecule has 0 radical (unpaired) electrons. The first-order valence-corrected chi connectivity index (χ1v) is 4.58. The number of carbonyl (C=O) groups excluding carboxylic acids is 1. The average molecular weight is 171 g/mol. The first-order chi connectivity index (χ1) is 5.77. The van der Waals surface area contributed by atoms with Crippen LogP contribution in [-0.2, 0) is 9.53 Å². The predicted molar refractivity (Wildman–Crippen MR) is 46.9 cm³/mol. The first kappa shape index (κ1) is 9.52. The number of hydrogen-bond acceptors (Lipinski definition) is 2. The van der Waals surface area contributed by atoms with E-state index in [0.717, 1.165) is 25.9 Å². The molecule has 0 saturated carbocycles. The Morgan fingerprint density at radius 1 is 1.50 bits per heavy atom. The molecule has 0 aromatic heterocycles. The second-order valence-corrected chi connectivity index (χ2v) is 3.17. The highest BCUT2D eigenvalue weighted by Crippen LogP contribution is 2.13. The van der Waals surface area contributed by atoms with E-state index in [1.54, 1.807) is 7.11 Å². The molecule has 0 aliphatic carbocycles. The molecule has 1 aliphatic heterocycles. The van der Waals surface area contributed by atoms with Gasteiger partial charge in [-0.3, -0.25) is 4.79 Å². The van der Waals surface area contributed by atoms with E-state index in [1.807, 2.05) is 11.8 Å². The molecule has 0 spiro atoms. The summed E-state index contributed by atoms with van der Waals surface area (Å²) in [7, 11) is 1.74. The lowest BCUT2D eigenvalue weighted by Gasteiger charge is -2.30. The topological polar surface area (TPSA) is 29.5 Å². The number of methoxy groups -OCH3 is 1. The van der Waals surface area contributed by atoms with Crippen molar-refractivity contribution < 1.29 is 9.53 Å². The summed E-state index contributed by atoms with van der Waals surface area (Å²) in [6.45, 7) is 3.64. The van der Waals surface area contributed by atoms with Gasteiger partial charge in [0, 0.05) is 26.6 Å². The van der Waals surface area contributed by atoms with Crippen molar-refractivity contribution in [3.05, 3.63) is 0 Å². The van der Waals surface area contributed by atoms with Crippen LogP contribution < -0.4 is 0 Å². The van der Waals surface area contributed by atoms with Gasteiger partial charge in [-0.1, -0.05) is 6.92 Å². The predicted octanol–water partition coefficient (Wildman–Crippen LogP) is 1.03. The van der Waals surface area contributed by atoms with E-state index in [1.165, 1.54) is 0 Å². The maximum atomic E-state index is 11.2. The van der Waals surface area contributed by atoms with Crippen LogP contribution in [0.1, 0.15) is 26.2 Å². The summed E-state index contributed by atoms with van der Waals surface area (Å²) in [5.74, 6) is 0.268. The Balaban J connectivity index is 2.30. The van der Waals surface area contributed by atoms with Crippen LogP contribution in [0.3, 0.4) is 0 Å². The molecular formula is C9H17NO2. The SMILES string of the molecule is CCC(=O)N1CCC(OC)CC1. The van der Waals surface area contributed by atoms with Crippen molar-refractivity contribution in [2.45, 2.75) is 32.3 Å². The molecule has 0 aromatic rings. The Morgan fingerprint density at radius 3 is 2.50 bits per heavy atom. The molecule has 1 aliphatic rings. The monoisotopic (exact) mass is 171 g/mol. The fraction of sp³-hybridized carbons (Fsp3) is 0.889. The molecule has 1 heterocycles. The number of nitrogens with zero attached hydrogens (tertiary/aromatic N) is 1. The molecule has 1 rings (SSSR count). The summed E-state index contributed by atoms with van der Waals surface area (Å²) in [5, 5.41) is 0. The van der Waals surface area contributed by atoms with E-state index >= 15 is 0 Å². The zero-order valence-electron chi connectivity index (χ0n) is 7.88. The minimum atomic E-state index is 0.268. The standard InChI is InChI=1S/C9H17NO2/c1-3-9(11)10-6-4-8(12-2)5-7-10/h8H,3-7H2,1-2H3. The van der Waals surface area contributed by atoms with Crippen molar-refractivity contribution in [2.75, 3.05) is 20.2 Å². The summed E-state index contributed by atoms with van der Waals surface area (Å²) in [4.78, 5) is 13.2. The molecule has 0 aromatic carbocycles. The van der Waals surface area contributed by atoms with Crippen LogP contribution in [-0.4, -0.2) is 37.1 Å². The summed E-state index contributed by atoms with van der Waals surface area (Å²) in [5.41, 5.74) is 0. The van der Waals surface area contributed by atoms with Gasteiger partial charge in [-0.25, -0.2) is 0 Å². The molecule has 1 fully saturated rings. The minimum absolute atomic E-state index is 0.268. The molecule has 1 amide bonds. The van der Waals surface area contributed by atoms with E-state index in [4.69, 9.17) is 4.74 Å². The van der Waals surface area contributed by atoms with E-state index < -0.39 is 0 Å². The zero-order chi connectivity index (χ0) is 8.97. The summed E-state index contributed by atoms with van der Waals surface area (Å²) in [6.07, 6.45) is 2.97. The van der Waals surface area contributed by atoms with Gasteiger partial charge >= 0.3 is 0 Å². The van der Waals surface area contributed by atoms with Gasteiger partial charge in [0.15, 0.2) is 0 Å². The molecule has 3 heteroatoms. The molecular weight excluding hydrogens is 154 g/mol.